The number of rotatable bonds is 13. The molecular weight excluding hydrogens is 762 g/mol. The van der Waals surface area contributed by atoms with E-state index in [2.05, 4.69) is 50.6 Å². The first-order chi connectivity index (χ1) is 28.7. The lowest BCUT2D eigenvalue weighted by atomic mass is 9.84. The van der Waals surface area contributed by atoms with Crippen LogP contribution >= 0.6 is 8.53 Å². The van der Waals surface area contributed by atoms with E-state index < -0.39 is 8.53 Å². The lowest BCUT2D eigenvalue weighted by Gasteiger charge is -2.35. The second kappa shape index (κ2) is 14.5. The molecule has 294 valence electrons. The summed E-state index contributed by atoms with van der Waals surface area (Å²) in [5, 5.41) is 19.7. The summed E-state index contributed by atoms with van der Waals surface area (Å²) in [4.78, 5) is 48.9. The highest BCUT2D eigenvalue weighted by Gasteiger charge is 2.34. The quantitative estimate of drug-likeness (QED) is 0.0368. The first-order valence-corrected chi connectivity index (χ1v) is 21.1. The smallest absolute Gasteiger partial charge is 0.264 e. The summed E-state index contributed by atoms with van der Waals surface area (Å²) >= 11 is 0. The maximum atomic E-state index is 14.4. The van der Waals surface area contributed by atoms with Crippen LogP contribution in [0.5, 0.6) is 0 Å². The molecule has 0 saturated carbocycles. The van der Waals surface area contributed by atoms with Gasteiger partial charge in [-0.15, -0.1) is 0 Å². The zero-order valence-electron chi connectivity index (χ0n) is 33.1. The summed E-state index contributed by atoms with van der Waals surface area (Å²) in [6.07, 6.45) is 0.275. The van der Waals surface area contributed by atoms with E-state index in [4.69, 9.17) is 24.0 Å². The van der Waals surface area contributed by atoms with E-state index in [1.54, 1.807) is 4.40 Å². The number of nitriles is 1. The monoisotopic (exact) mass is 801 g/mol. The minimum Gasteiger partial charge on any atom is -0.377 e. The standard InChI is InChI=1S/C47H40N5O6P/c1-26(2)52(27(3)4)59(57-20-7-18-48)58-23-22-56-21-19-50-45(53)35-15-11-32-30-10-14-34-42-37(17-13-31(40(30)42)33-12-16-36(46(50)54)43(35)41(32)33)47(55)51-39-25-29-9-6-5-8-28(29)24-38(39)49-44(34)51/h5-6,8-17,24-27H,7,19-23H2,1-4H3. The van der Waals surface area contributed by atoms with Crippen molar-refractivity contribution in [1.29, 1.82) is 5.26 Å². The minimum atomic E-state index is -1.40. The second-order valence-electron chi connectivity index (χ2n) is 15.7. The molecule has 0 N–H and O–H groups in total. The molecule has 11 nitrogen and oxygen atoms in total. The highest BCUT2D eigenvalue weighted by Crippen LogP contribution is 2.47. The summed E-state index contributed by atoms with van der Waals surface area (Å²) in [7, 11) is -1.40. The Hall–Kier alpha value is -5.86. The number of carbonyl (C=O) groups is 2. The molecule has 0 radical (unpaired) electrons. The van der Waals surface area contributed by atoms with Gasteiger partial charge < -0.3 is 13.8 Å². The van der Waals surface area contributed by atoms with Crippen molar-refractivity contribution in [1.82, 2.24) is 19.0 Å². The van der Waals surface area contributed by atoms with Crippen molar-refractivity contribution in [3.05, 3.63) is 106 Å². The number of nitrogens with zero attached hydrogens (tertiary/aromatic N) is 5. The van der Waals surface area contributed by atoms with E-state index >= 15 is 0 Å². The van der Waals surface area contributed by atoms with E-state index in [1.807, 2.05) is 72.8 Å². The van der Waals surface area contributed by atoms with Crippen LogP contribution in [0.2, 0.25) is 0 Å². The molecule has 12 heteroatoms. The number of aromatic nitrogens is 2. The minimum absolute atomic E-state index is 0.0855. The fourth-order valence-corrected chi connectivity index (χ4v) is 10.8. The first-order valence-electron chi connectivity index (χ1n) is 20.0. The molecule has 0 spiro atoms. The van der Waals surface area contributed by atoms with E-state index in [9.17, 15) is 14.4 Å². The molecule has 1 atom stereocenters. The Kier molecular flexibility index (Phi) is 9.16. The van der Waals surface area contributed by atoms with Gasteiger partial charge in [0.15, 0.2) is 0 Å². The summed E-state index contributed by atoms with van der Waals surface area (Å²) in [6, 6.07) is 30.3. The Morgan fingerprint density at radius 3 is 1.88 bits per heavy atom. The van der Waals surface area contributed by atoms with Crippen LogP contribution in [0.4, 0.5) is 0 Å². The van der Waals surface area contributed by atoms with Gasteiger partial charge in [-0.25, -0.2) is 9.65 Å². The van der Waals surface area contributed by atoms with Gasteiger partial charge in [-0.05, 0) is 107 Å². The number of hydrogen-bond acceptors (Lipinski definition) is 9. The first kappa shape index (κ1) is 37.4. The maximum Gasteiger partial charge on any atom is 0.264 e. The third-order valence-corrected chi connectivity index (χ3v) is 13.7. The van der Waals surface area contributed by atoms with Gasteiger partial charge >= 0.3 is 0 Å². The van der Waals surface area contributed by atoms with E-state index in [-0.39, 0.29) is 68.9 Å². The van der Waals surface area contributed by atoms with Crippen LogP contribution in [0, 0.1) is 11.3 Å². The van der Waals surface area contributed by atoms with Crippen LogP contribution in [0.3, 0.4) is 0 Å². The zero-order chi connectivity index (χ0) is 40.7. The number of imidazole rings is 1. The summed E-state index contributed by atoms with van der Waals surface area (Å²) in [5.74, 6) is -0.726. The Morgan fingerprint density at radius 1 is 0.678 bits per heavy atom. The van der Waals surface area contributed by atoms with Gasteiger partial charge in [-0.1, -0.05) is 48.5 Å². The van der Waals surface area contributed by atoms with E-state index in [1.165, 1.54) is 4.90 Å². The molecule has 0 saturated heterocycles. The molecule has 0 fully saturated rings. The van der Waals surface area contributed by atoms with Crippen molar-refractivity contribution in [3.8, 4) is 6.07 Å². The van der Waals surface area contributed by atoms with Gasteiger partial charge in [0.05, 0.1) is 56.5 Å². The van der Waals surface area contributed by atoms with E-state index in [0.717, 1.165) is 64.9 Å². The average Bonchev–Trinajstić information content (AvgIpc) is 3.61. The van der Waals surface area contributed by atoms with Crippen molar-refractivity contribution in [2.45, 2.75) is 46.2 Å². The van der Waals surface area contributed by atoms with Crippen LogP contribution in [0.1, 0.15) is 54.8 Å². The van der Waals surface area contributed by atoms with Crippen molar-refractivity contribution < 1.29 is 23.4 Å². The number of fused-ring (bicyclic) bond motifs is 7. The summed E-state index contributed by atoms with van der Waals surface area (Å²) in [6.45, 7) is 9.32. The highest BCUT2D eigenvalue weighted by molar-refractivity contribution is 7.44. The molecule has 1 unspecified atom stereocenters. The lowest BCUT2D eigenvalue weighted by molar-refractivity contribution is 0.0479. The summed E-state index contributed by atoms with van der Waals surface area (Å²) in [5.41, 5.74) is 2.98. The van der Waals surface area contributed by atoms with Crippen LogP contribution in [0.15, 0.2) is 89.7 Å². The van der Waals surface area contributed by atoms with E-state index in [0.29, 0.717) is 27.5 Å². The zero-order valence-corrected chi connectivity index (χ0v) is 34.0. The Morgan fingerprint density at radius 2 is 1.24 bits per heavy atom. The van der Waals surface area contributed by atoms with Crippen LogP contribution in [-0.2, 0) is 13.8 Å². The van der Waals surface area contributed by atoms with Gasteiger partial charge in [0.2, 0.25) is 0 Å². The molecule has 9 aromatic rings. The molecule has 0 aliphatic carbocycles. The lowest BCUT2D eigenvalue weighted by Crippen LogP contribution is -2.42. The number of pyridine rings is 1. The van der Waals surface area contributed by atoms with Crippen molar-refractivity contribution >= 4 is 102 Å². The molecule has 2 aromatic heterocycles. The largest absolute Gasteiger partial charge is 0.377 e. The third kappa shape index (κ3) is 5.74. The van der Waals surface area contributed by atoms with Gasteiger partial charge in [0.25, 0.3) is 25.9 Å². The normalized spacial score (nSPS) is 14.2. The number of carbonyl (C=O) groups excluding carboxylic acids is 2. The molecule has 3 heterocycles. The van der Waals surface area contributed by atoms with Crippen molar-refractivity contribution in [2.24, 2.45) is 0 Å². The van der Waals surface area contributed by atoms with Crippen molar-refractivity contribution in [2.75, 3.05) is 33.0 Å². The average molecular weight is 802 g/mol. The van der Waals surface area contributed by atoms with Crippen molar-refractivity contribution in [3.63, 3.8) is 0 Å². The summed E-state index contributed by atoms with van der Waals surface area (Å²) < 4.78 is 21.8. The highest BCUT2D eigenvalue weighted by atomic mass is 31.2. The molecule has 7 aromatic carbocycles. The number of imide groups is 1. The Balaban J connectivity index is 0.966. The molecule has 10 rings (SSSR count). The molecule has 1 aliphatic rings. The maximum absolute atomic E-state index is 14.4. The molecular formula is C47H40N5O6P. The Bertz CT molecular complexity index is 3200. The Labute approximate surface area is 339 Å². The second-order valence-corrected chi connectivity index (χ2v) is 17.1. The fourth-order valence-electron chi connectivity index (χ4n) is 9.21. The third-order valence-electron chi connectivity index (χ3n) is 11.6. The fraction of sp³-hybridized carbons (Fsp3) is 0.255. The predicted octanol–water partition coefficient (Wildman–Crippen LogP) is 9.55. The van der Waals surface area contributed by atoms with Gasteiger partial charge in [0, 0.05) is 44.8 Å². The molecule has 2 amide bonds. The van der Waals surface area contributed by atoms with Gasteiger partial charge in [-0.3, -0.25) is 23.7 Å². The van der Waals surface area contributed by atoms with Crippen LogP contribution < -0.4 is 5.56 Å². The predicted molar refractivity (Wildman–Crippen MR) is 234 cm³/mol. The molecule has 1 aliphatic heterocycles. The number of benzene rings is 7. The molecule has 59 heavy (non-hydrogen) atoms. The van der Waals surface area contributed by atoms with Gasteiger partial charge in [0.1, 0.15) is 5.65 Å². The van der Waals surface area contributed by atoms with Crippen LogP contribution in [-0.4, -0.2) is 75.8 Å². The number of ether oxygens (including phenoxy) is 1. The van der Waals surface area contributed by atoms with Crippen LogP contribution in [0.25, 0.3) is 81.3 Å². The SMILES string of the molecule is CC(C)N(C(C)C)P(OCCC#N)OCCOCCN1C(=O)c2ccc3c4ccc5c(=O)n6c7cc8ccccc8cc7nc6c6ccc(c7ccc(c2c37)C1=O)c4c56. The number of amides is 2. The topological polar surface area (TPSA) is 126 Å². The van der Waals surface area contributed by atoms with Gasteiger partial charge in [-0.2, -0.15) is 5.26 Å². The number of hydrogen-bond donors (Lipinski definition) is 0. The molecule has 0 bridgehead atoms.